The molecule has 116 valence electrons. The first-order valence-electron chi connectivity index (χ1n) is 8.23. The zero-order valence-electron chi connectivity index (χ0n) is 13.4. The van der Waals surface area contributed by atoms with Crippen LogP contribution in [-0.2, 0) is 17.6 Å². The van der Waals surface area contributed by atoms with E-state index in [0.717, 1.165) is 38.0 Å². The maximum atomic E-state index is 12.3. The first kappa shape index (κ1) is 16.0. The molecule has 0 radical (unpaired) electrons. The van der Waals surface area contributed by atoms with Crippen LogP contribution >= 0.6 is 0 Å². The molecule has 1 aliphatic rings. The molecule has 1 heterocycles. The molecule has 0 spiro atoms. The quantitative estimate of drug-likeness (QED) is 0.836. The van der Waals surface area contributed by atoms with Crippen LogP contribution in [0.1, 0.15) is 37.3 Å². The SMILES string of the molecule is CCCCc1ccc(CC(=O)N2CCC(CNC)C2)cc1. The fraction of sp³-hybridized carbons (Fsp3) is 0.611. The molecule has 1 aromatic rings. The second kappa shape index (κ2) is 8.18. The minimum atomic E-state index is 0.273. The maximum absolute atomic E-state index is 12.3. The summed E-state index contributed by atoms with van der Waals surface area (Å²) in [6.45, 7) is 5.05. The summed E-state index contributed by atoms with van der Waals surface area (Å²) >= 11 is 0. The predicted octanol–water partition coefficient (Wildman–Crippen LogP) is 2.64. The van der Waals surface area contributed by atoms with Crippen molar-refractivity contribution in [1.29, 1.82) is 0 Å². The van der Waals surface area contributed by atoms with Gasteiger partial charge in [0, 0.05) is 13.1 Å². The number of benzene rings is 1. The Morgan fingerprint density at radius 2 is 2.00 bits per heavy atom. The van der Waals surface area contributed by atoms with Crippen molar-refractivity contribution in [1.82, 2.24) is 10.2 Å². The predicted molar refractivity (Wildman–Crippen MR) is 87.4 cm³/mol. The number of carbonyl (C=O) groups is 1. The van der Waals surface area contributed by atoms with Gasteiger partial charge in [-0.1, -0.05) is 37.6 Å². The number of likely N-dealkylation sites (tertiary alicyclic amines) is 1. The molecule has 1 fully saturated rings. The highest BCUT2D eigenvalue weighted by Gasteiger charge is 2.25. The molecular formula is C18H28N2O. The summed E-state index contributed by atoms with van der Waals surface area (Å²) in [5.74, 6) is 0.894. The summed E-state index contributed by atoms with van der Waals surface area (Å²) < 4.78 is 0. The van der Waals surface area contributed by atoms with E-state index < -0.39 is 0 Å². The summed E-state index contributed by atoms with van der Waals surface area (Å²) in [5.41, 5.74) is 2.51. The monoisotopic (exact) mass is 288 g/mol. The van der Waals surface area contributed by atoms with Gasteiger partial charge >= 0.3 is 0 Å². The first-order chi connectivity index (χ1) is 10.2. The van der Waals surface area contributed by atoms with Crippen LogP contribution < -0.4 is 5.32 Å². The minimum Gasteiger partial charge on any atom is -0.342 e. The van der Waals surface area contributed by atoms with Gasteiger partial charge in [-0.3, -0.25) is 4.79 Å². The third kappa shape index (κ3) is 4.85. The molecule has 0 bridgehead atoms. The Bertz CT molecular complexity index is 441. The lowest BCUT2D eigenvalue weighted by Gasteiger charge is -2.16. The van der Waals surface area contributed by atoms with Crippen molar-refractivity contribution in [3.05, 3.63) is 35.4 Å². The zero-order chi connectivity index (χ0) is 15.1. The molecule has 21 heavy (non-hydrogen) atoms. The average Bonchev–Trinajstić information content (AvgIpc) is 2.96. The molecular weight excluding hydrogens is 260 g/mol. The Labute approximate surface area is 128 Å². The Morgan fingerprint density at radius 3 is 2.67 bits per heavy atom. The van der Waals surface area contributed by atoms with Gasteiger partial charge in [0.05, 0.1) is 6.42 Å². The van der Waals surface area contributed by atoms with E-state index in [1.807, 2.05) is 11.9 Å². The molecule has 1 aliphatic heterocycles. The fourth-order valence-corrected chi connectivity index (χ4v) is 3.01. The van der Waals surface area contributed by atoms with Gasteiger partial charge in [0.25, 0.3) is 0 Å². The summed E-state index contributed by atoms with van der Waals surface area (Å²) in [6.07, 6.45) is 5.27. The van der Waals surface area contributed by atoms with Crippen LogP contribution in [0.2, 0.25) is 0 Å². The van der Waals surface area contributed by atoms with Crippen molar-refractivity contribution in [2.75, 3.05) is 26.7 Å². The third-order valence-electron chi connectivity index (χ3n) is 4.33. The fourth-order valence-electron chi connectivity index (χ4n) is 3.01. The van der Waals surface area contributed by atoms with Gasteiger partial charge in [-0.2, -0.15) is 0 Å². The van der Waals surface area contributed by atoms with Crippen molar-refractivity contribution in [2.45, 2.75) is 39.0 Å². The van der Waals surface area contributed by atoms with Crippen LogP contribution in [0.5, 0.6) is 0 Å². The Morgan fingerprint density at radius 1 is 1.29 bits per heavy atom. The molecule has 1 aromatic carbocycles. The lowest BCUT2D eigenvalue weighted by atomic mass is 10.0. The van der Waals surface area contributed by atoms with Gasteiger partial charge in [0.1, 0.15) is 0 Å². The van der Waals surface area contributed by atoms with E-state index >= 15 is 0 Å². The molecule has 2 rings (SSSR count). The van der Waals surface area contributed by atoms with Crippen molar-refractivity contribution >= 4 is 5.91 Å². The van der Waals surface area contributed by atoms with Crippen LogP contribution in [0, 0.1) is 5.92 Å². The summed E-state index contributed by atoms with van der Waals surface area (Å²) in [4.78, 5) is 14.3. The van der Waals surface area contributed by atoms with E-state index in [-0.39, 0.29) is 5.91 Å². The smallest absolute Gasteiger partial charge is 0.226 e. The van der Waals surface area contributed by atoms with Crippen molar-refractivity contribution in [3.63, 3.8) is 0 Å². The summed E-state index contributed by atoms with van der Waals surface area (Å²) in [6, 6.07) is 8.58. The molecule has 1 atom stereocenters. The van der Waals surface area contributed by atoms with E-state index in [9.17, 15) is 4.79 Å². The van der Waals surface area contributed by atoms with E-state index in [1.165, 1.54) is 18.4 Å². The molecule has 0 aliphatic carbocycles. The number of nitrogens with one attached hydrogen (secondary N) is 1. The maximum Gasteiger partial charge on any atom is 0.226 e. The van der Waals surface area contributed by atoms with Gasteiger partial charge in [0.15, 0.2) is 0 Å². The molecule has 3 heteroatoms. The van der Waals surface area contributed by atoms with Gasteiger partial charge in [0.2, 0.25) is 5.91 Å². The minimum absolute atomic E-state index is 0.273. The second-order valence-corrected chi connectivity index (χ2v) is 6.15. The van der Waals surface area contributed by atoms with E-state index in [1.54, 1.807) is 0 Å². The van der Waals surface area contributed by atoms with Crippen LogP contribution in [0.25, 0.3) is 0 Å². The van der Waals surface area contributed by atoms with Crippen molar-refractivity contribution in [2.24, 2.45) is 5.92 Å². The number of hydrogen-bond acceptors (Lipinski definition) is 2. The Kier molecular flexibility index (Phi) is 6.24. The Hall–Kier alpha value is -1.35. The first-order valence-corrected chi connectivity index (χ1v) is 8.23. The van der Waals surface area contributed by atoms with Crippen LogP contribution in [0.4, 0.5) is 0 Å². The normalized spacial score (nSPS) is 18.2. The largest absolute Gasteiger partial charge is 0.342 e. The number of hydrogen-bond donors (Lipinski definition) is 1. The molecule has 1 saturated heterocycles. The van der Waals surface area contributed by atoms with E-state index in [4.69, 9.17) is 0 Å². The zero-order valence-corrected chi connectivity index (χ0v) is 13.4. The molecule has 1 amide bonds. The average molecular weight is 288 g/mol. The summed E-state index contributed by atoms with van der Waals surface area (Å²) in [7, 11) is 1.98. The lowest BCUT2D eigenvalue weighted by Crippen LogP contribution is -2.31. The summed E-state index contributed by atoms with van der Waals surface area (Å²) in [5, 5.41) is 3.20. The molecule has 1 unspecified atom stereocenters. The van der Waals surface area contributed by atoms with Crippen molar-refractivity contribution < 1.29 is 4.79 Å². The third-order valence-corrected chi connectivity index (χ3v) is 4.33. The molecule has 0 saturated carbocycles. The van der Waals surface area contributed by atoms with Crippen LogP contribution in [-0.4, -0.2) is 37.5 Å². The van der Waals surface area contributed by atoms with Gasteiger partial charge in [-0.15, -0.1) is 0 Å². The Balaban J connectivity index is 1.82. The molecule has 3 nitrogen and oxygen atoms in total. The van der Waals surface area contributed by atoms with E-state index in [0.29, 0.717) is 12.3 Å². The second-order valence-electron chi connectivity index (χ2n) is 6.15. The van der Waals surface area contributed by atoms with Gasteiger partial charge in [-0.05, 0) is 49.9 Å². The lowest BCUT2D eigenvalue weighted by molar-refractivity contribution is -0.129. The number of nitrogens with zero attached hydrogens (tertiary/aromatic N) is 1. The molecule has 1 N–H and O–H groups in total. The highest BCUT2D eigenvalue weighted by Crippen LogP contribution is 2.17. The number of rotatable bonds is 7. The van der Waals surface area contributed by atoms with Crippen molar-refractivity contribution in [3.8, 4) is 0 Å². The topological polar surface area (TPSA) is 32.3 Å². The molecule has 0 aromatic heterocycles. The highest BCUT2D eigenvalue weighted by molar-refractivity contribution is 5.79. The number of amides is 1. The number of carbonyl (C=O) groups excluding carboxylic acids is 1. The van der Waals surface area contributed by atoms with Gasteiger partial charge < -0.3 is 10.2 Å². The highest BCUT2D eigenvalue weighted by atomic mass is 16.2. The van der Waals surface area contributed by atoms with Crippen LogP contribution in [0.15, 0.2) is 24.3 Å². The number of aryl methyl sites for hydroxylation is 1. The van der Waals surface area contributed by atoms with Gasteiger partial charge in [-0.25, -0.2) is 0 Å². The number of unbranched alkanes of at least 4 members (excludes halogenated alkanes) is 1. The van der Waals surface area contributed by atoms with E-state index in [2.05, 4.69) is 36.5 Å². The van der Waals surface area contributed by atoms with Crippen LogP contribution in [0.3, 0.4) is 0 Å². The standard InChI is InChI=1S/C18H28N2O/c1-3-4-5-15-6-8-16(9-7-15)12-18(21)20-11-10-17(14-20)13-19-2/h6-9,17,19H,3-5,10-14H2,1-2H3.